The number of ether oxygens (including phenoxy) is 2. The van der Waals surface area contributed by atoms with Crippen LogP contribution >= 0.6 is 0 Å². The van der Waals surface area contributed by atoms with Crippen molar-refractivity contribution in [3.63, 3.8) is 0 Å². The van der Waals surface area contributed by atoms with Gasteiger partial charge in [-0.3, -0.25) is 0 Å². The number of hydrogen-bond acceptors (Lipinski definition) is 3. The van der Waals surface area contributed by atoms with Crippen LogP contribution in [-0.4, -0.2) is 32.7 Å². The second-order valence-corrected chi connectivity index (χ2v) is 5.57. The molecule has 3 rings (SSSR count). The van der Waals surface area contributed by atoms with Gasteiger partial charge in [0.25, 0.3) is 0 Å². The monoisotopic (exact) mass is 283 g/mol. The van der Waals surface area contributed by atoms with Crippen LogP contribution < -0.4 is 9.47 Å². The first-order valence-electron chi connectivity index (χ1n) is 7.21. The predicted octanol–water partition coefficient (Wildman–Crippen LogP) is 3.28. The van der Waals surface area contributed by atoms with E-state index in [4.69, 9.17) is 9.47 Å². The van der Waals surface area contributed by atoms with Crippen molar-refractivity contribution >= 4 is 0 Å². The molecule has 0 spiro atoms. The minimum absolute atomic E-state index is 0.375. The predicted molar refractivity (Wildman–Crippen MR) is 84.2 cm³/mol. The first-order chi connectivity index (χ1) is 10.2. The summed E-state index contributed by atoms with van der Waals surface area (Å²) in [7, 11) is 5.54. The van der Waals surface area contributed by atoms with Crippen molar-refractivity contribution in [2.75, 3.05) is 27.8 Å². The molecule has 0 saturated heterocycles. The van der Waals surface area contributed by atoms with Crippen LogP contribution in [0, 0.1) is 0 Å². The van der Waals surface area contributed by atoms with Crippen LogP contribution in [0.5, 0.6) is 11.5 Å². The fourth-order valence-electron chi connectivity index (χ4n) is 3.13. The highest BCUT2D eigenvalue weighted by molar-refractivity contribution is 5.51. The molecule has 0 radical (unpaired) electrons. The Morgan fingerprint density at radius 2 is 1.67 bits per heavy atom. The normalized spacial score (nSPS) is 18.1. The first kappa shape index (κ1) is 14.0. The van der Waals surface area contributed by atoms with Crippen molar-refractivity contribution in [1.29, 1.82) is 0 Å². The number of methoxy groups -OCH3 is 2. The Hall–Kier alpha value is -2.00. The first-order valence-corrected chi connectivity index (χ1v) is 7.21. The van der Waals surface area contributed by atoms with Crippen LogP contribution in [0.3, 0.4) is 0 Å². The molecule has 0 unspecified atom stereocenters. The summed E-state index contributed by atoms with van der Waals surface area (Å²) in [6.07, 6.45) is 0. The summed E-state index contributed by atoms with van der Waals surface area (Å²) in [5.74, 6) is 1.99. The maximum atomic E-state index is 5.47. The van der Waals surface area contributed by atoms with E-state index in [2.05, 4.69) is 54.4 Å². The molecule has 3 heteroatoms. The van der Waals surface area contributed by atoms with Crippen molar-refractivity contribution in [1.82, 2.24) is 4.90 Å². The lowest BCUT2D eigenvalue weighted by atomic mass is 9.84. The molecule has 3 nitrogen and oxygen atoms in total. The minimum atomic E-state index is 0.375. The summed E-state index contributed by atoms with van der Waals surface area (Å²) in [6, 6.07) is 14.9. The SMILES string of the molecule is COc1cc2c(cc1OC)[C@H](c1ccccc1)CN(C)C2. The number of fused-ring (bicyclic) bond motifs is 1. The van der Waals surface area contributed by atoms with E-state index in [0.29, 0.717) is 5.92 Å². The van der Waals surface area contributed by atoms with Gasteiger partial charge >= 0.3 is 0 Å². The highest BCUT2D eigenvalue weighted by Crippen LogP contribution is 2.39. The average molecular weight is 283 g/mol. The molecular weight excluding hydrogens is 262 g/mol. The van der Waals surface area contributed by atoms with Gasteiger partial charge in [-0.05, 0) is 35.9 Å². The van der Waals surface area contributed by atoms with Gasteiger partial charge in [0, 0.05) is 19.0 Å². The number of benzene rings is 2. The van der Waals surface area contributed by atoms with E-state index >= 15 is 0 Å². The summed E-state index contributed by atoms with van der Waals surface area (Å²) in [5, 5.41) is 0. The fraction of sp³-hybridized carbons (Fsp3) is 0.333. The van der Waals surface area contributed by atoms with E-state index in [0.717, 1.165) is 24.6 Å². The molecule has 1 heterocycles. The smallest absolute Gasteiger partial charge is 0.161 e. The number of nitrogens with zero attached hydrogens (tertiary/aromatic N) is 1. The molecule has 0 amide bonds. The zero-order valence-corrected chi connectivity index (χ0v) is 12.8. The van der Waals surface area contributed by atoms with E-state index in [1.165, 1.54) is 16.7 Å². The third-order valence-corrected chi connectivity index (χ3v) is 4.16. The molecule has 110 valence electrons. The maximum Gasteiger partial charge on any atom is 0.161 e. The highest BCUT2D eigenvalue weighted by Gasteiger charge is 2.26. The van der Waals surface area contributed by atoms with Gasteiger partial charge in [0.15, 0.2) is 11.5 Å². The standard InChI is InChI=1S/C18H21NO2/c1-19-11-14-9-17(20-2)18(21-3)10-15(14)16(12-19)13-7-5-4-6-8-13/h4-10,16H,11-12H2,1-3H3/t16-/m0/s1. The Labute approximate surface area is 126 Å². The van der Waals surface area contributed by atoms with Gasteiger partial charge in [-0.2, -0.15) is 0 Å². The molecule has 0 aliphatic carbocycles. The lowest BCUT2D eigenvalue weighted by Gasteiger charge is -2.33. The van der Waals surface area contributed by atoms with Crippen LogP contribution in [0.1, 0.15) is 22.6 Å². The minimum Gasteiger partial charge on any atom is -0.493 e. The Balaban J connectivity index is 2.11. The van der Waals surface area contributed by atoms with Crippen molar-refractivity contribution in [3.05, 3.63) is 59.2 Å². The van der Waals surface area contributed by atoms with Crippen LogP contribution in [0.15, 0.2) is 42.5 Å². The Morgan fingerprint density at radius 3 is 2.33 bits per heavy atom. The van der Waals surface area contributed by atoms with E-state index in [9.17, 15) is 0 Å². The molecule has 0 N–H and O–H groups in total. The van der Waals surface area contributed by atoms with Crippen LogP contribution in [0.4, 0.5) is 0 Å². The molecule has 1 aliphatic rings. The van der Waals surface area contributed by atoms with Gasteiger partial charge in [-0.15, -0.1) is 0 Å². The molecular formula is C18H21NO2. The molecule has 0 bridgehead atoms. The summed E-state index contributed by atoms with van der Waals surface area (Å²) in [4.78, 5) is 2.35. The fourth-order valence-corrected chi connectivity index (χ4v) is 3.13. The Morgan fingerprint density at radius 1 is 1.00 bits per heavy atom. The maximum absolute atomic E-state index is 5.47. The van der Waals surface area contributed by atoms with E-state index in [1.54, 1.807) is 14.2 Å². The highest BCUT2D eigenvalue weighted by atomic mass is 16.5. The number of likely N-dealkylation sites (N-methyl/N-ethyl adjacent to an activating group) is 1. The Bertz CT molecular complexity index is 625. The average Bonchev–Trinajstić information content (AvgIpc) is 2.53. The molecule has 0 aromatic heterocycles. The topological polar surface area (TPSA) is 21.7 Å². The second kappa shape index (κ2) is 5.78. The molecule has 2 aromatic rings. The van der Waals surface area contributed by atoms with E-state index in [1.807, 2.05) is 0 Å². The number of rotatable bonds is 3. The summed E-state index contributed by atoms with van der Waals surface area (Å²) < 4.78 is 10.9. The zero-order valence-electron chi connectivity index (χ0n) is 12.8. The molecule has 2 aromatic carbocycles. The molecule has 1 aliphatic heterocycles. The molecule has 1 atom stereocenters. The van der Waals surface area contributed by atoms with Gasteiger partial charge in [0.2, 0.25) is 0 Å². The van der Waals surface area contributed by atoms with E-state index < -0.39 is 0 Å². The van der Waals surface area contributed by atoms with Crippen molar-refractivity contribution in [3.8, 4) is 11.5 Å². The Kier molecular flexibility index (Phi) is 3.84. The lowest BCUT2D eigenvalue weighted by molar-refractivity contribution is 0.291. The van der Waals surface area contributed by atoms with Gasteiger partial charge < -0.3 is 14.4 Å². The van der Waals surface area contributed by atoms with Gasteiger partial charge in [0.05, 0.1) is 14.2 Å². The summed E-state index contributed by atoms with van der Waals surface area (Å²) >= 11 is 0. The third kappa shape index (κ3) is 2.61. The largest absolute Gasteiger partial charge is 0.493 e. The third-order valence-electron chi connectivity index (χ3n) is 4.16. The van der Waals surface area contributed by atoms with Crippen molar-refractivity contribution in [2.45, 2.75) is 12.5 Å². The quantitative estimate of drug-likeness (QED) is 0.863. The van der Waals surface area contributed by atoms with Crippen molar-refractivity contribution in [2.24, 2.45) is 0 Å². The number of hydrogen-bond donors (Lipinski definition) is 0. The van der Waals surface area contributed by atoms with Gasteiger partial charge in [-0.1, -0.05) is 30.3 Å². The van der Waals surface area contributed by atoms with E-state index in [-0.39, 0.29) is 0 Å². The van der Waals surface area contributed by atoms with Crippen LogP contribution in [0.2, 0.25) is 0 Å². The molecule has 0 fully saturated rings. The second-order valence-electron chi connectivity index (χ2n) is 5.57. The van der Waals surface area contributed by atoms with Gasteiger partial charge in [-0.25, -0.2) is 0 Å². The summed E-state index contributed by atoms with van der Waals surface area (Å²) in [5.41, 5.74) is 4.00. The van der Waals surface area contributed by atoms with Gasteiger partial charge in [0.1, 0.15) is 0 Å². The zero-order chi connectivity index (χ0) is 14.8. The molecule has 21 heavy (non-hydrogen) atoms. The van der Waals surface area contributed by atoms with Crippen molar-refractivity contribution < 1.29 is 9.47 Å². The van der Waals surface area contributed by atoms with Crippen LogP contribution in [0.25, 0.3) is 0 Å². The lowest BCUT2D eigenvalue weighted by Crippen LogP contribution is -2.31. The van der Waals surface area contributed by atoms with Crippen LogP contribution in [-0.2, 0) is 6.54 Å². The summed E-state index contributed by atoms with van der Waals surface area (Å²) in [6.45, 7) is 1.96. The molecule has 0 saturated carbocycles.